The molecule has 6 heteroatoms. The van der Waals surface area contributed by atoms with Gasteiger partial charge in [-0.1, -0.05) is 24.3 Å². The van der Waals surface area contributed by atoms with Crippen LogP contribution in [0, 0.1) is 10.1 Å². The molecule has 0 unspecified atom stereocenters. The minimum absolute atomic E-state index is 0.116. The van der Waals surface area contributed by atoms with Gasteiger partial charge in [-0.2, -0.15) is 0 Å². The first kappa shape index (κ1) is 14.6. The van der Waals surface area contributed by atoms with E-state index in [1.54, 1.807) is 24.3 Å². The van der Waals surface area contributed by atoms with E-state index in [1.807, 2.05) is 19.1 Å². The number of nitrogens with two attached hydrogens (primary N) is 1. The molecule has 2 aromatic carbocycles. The Kier molecular flexibility index (Phi) is 4.61. The highest BCUT2D eigenvalue weighted by Crippen LogP contribution is 2.29. The van der Waals surface area contributed by atoms with Gasteiger partial charge in [0.1, 0.15) is 12.3 Å². The summed E-state index contributed by atoms with van der Waals surface area (Å²) in [5, 5.41) is 10.9. The van der Waals surface area contributed by atoms with Crippen LogP contribution < -0.4 is 15.2 Å². The van der Waals surface area contributed by atoms with Crippen molar-refractivity contribution in [2.75, 3.05) is 12.3 Å². The van der Waals surface area contributed by atoms with Crippen LogP contribution in [0.15, 0.2) is 42.5 Å². The Labute approximate surface area is 122 Å². The Bertz CT molecular complexity index is 643. The summed E-state index contributed by atoms with van der Waals surface area (Å²) in [5.74, 6) is 1.20. The SMILES string of the molecule is CCOc1ccccc1OCc1cccc([N+](=O)[O-])c1N. The smallest absolute Gasteiger partial charge is 0.292 e. The average molecular weight is 288 g/mol. The van der Waals surface area contributed by atoms with E-state index in [0.29, 0.717) is 23.7 Å². The molecule has 0 saturated heterocycles. The number of hydrogen-bond donors (Lipinski definition) is 1. The fourth-order valence-corrected chi connectivity index (χ4v) is 1.88. The maximum atomic E-state index is 10.9. The summed E-state index contributed by atoms with van der Waals surface area (Å²) in [4.78, 5) is 10.3. The third-order valence-corrected chi connectivity index (χ3v) is 2.90. The van der Waals surface area contributed by atoms with Crippen LogP contribution >= 0.6 is 0 Å². The zero-order valence-corrected chi connectivity index (χ0v) is 11.6. The van der Waals surface area contributed by atoms with Crippen LogP contribution in [0.4, 0.5) is 11.4 Å². The quantitative estimate of drug-likeness (QED) is 0.501. The van der Waals surface area contributed by atoms with E-state index in [2.05, 4.69) is 0 Å². The van der Waals surface area contributed by atoms with Gasteiger partial charge in [-0.05, 0) is 19.1 Å². The highest BCUT2D eigenvalue weighted by Gasteiger charge is 2.15. The third-order valence-electron chi connectivity index (χ3n) is 2.90. The number of benzene rings is 2. The average Bonchev–Trinajstić information content (AvgIpc) is 2.47. The molecule has 2 aromatic rings. The van der Waals surface area contributed by atoms with Gasteiger partial charge in [0.05, 0.1) is 11.5 Å². The van der Waals surface area contributed by atoms with Crippen molar-refractivity contribution >= 4 is 11.4 Å². The van der Waals surface area contributed by atoms with E-state index >= 15 is 0 Å². The highest BCUT2D eigenvalue weighted by molar-refractivity contribution is 5.62. The minimum Gasteiger partial charge on any atom is -0.490 e. The summed E-state index contributed by atoms with van der Waals surface area (Å²) in [6.07, 6.45) is 0. The molecule has 2 N–H and O–H groups in total. The number of anilines is 1. The predicted octanol–water partition coefficient (Wildman–Crippen LogP) is 3.15. The maximum Gasteiger partial charge on any atom is 0.292 e. The van der Waals surface area contributed by atoms with Crippen molar-refractivity contribution in [1.82, 2.24) is 0 Å². The van der Waals surface area contributed by atoms with Gasteiger partial charge in [-0.15, -0.1) is 0 Å². The Morgan fingerprint density at radius 1 is 1.10 bits per heavy atom. The lowest BCUT2D eigenvalue weighted by Crippen LogP contribution is -2.04. The fraction of sp³-hybridized carbons (Fsp3) is 0.200. The van der Waals surface area contributed by atoms with E-state index in [-0.39, 0.29) is 18.0 Å². The minimum atomic E-state index is -0.507. The Balaban J connectivity index is 2.17. The first-order valence-electron chi connectivity index (χ1n) is 6.50. The molecule has 110 valence electrons. The van der Waals surface area contributed by atoms with Crippen molar-refractivity contribution in [3.05, 3.63) is 58.1 Å². The number of rotatable bonds is 6. The second-order valence-corrected chi connectivity index (χ2v) is 4.28. The Hall–Kier alpha value is -2.76. The van der Waals surface area contributed by atoms with Crippen molar-refractivity contribution in [3.8, 4) is 11.5 Å². The highest BCUT2D eigenvalue weighted by atomic mass is 16.6. The third kappa shape index (κ3) is 3.42. The van der Waals surface area contributed by atoms with Crippen LogP contribution in [0.1, 0.15) is 12.5 Å². The van der Waals surface area contributed by atoms with Gasteiger partial charge in [0, 0.05) is 11.6 Å². The lowest BCUT2D eigenvalue weighted by Gasteiger charge is -2.12. The van der Waals surface area contributed by atoms with Gasteiger partial charge < -0.3 is 15.2 Å². The van der Waals surface area contributed by atoms with Crippen LogP contribution in [-0.4, -0.2) is 11.5 Å². The number of nitrogens with zero attached hydrogens (tertiary/aromatic N) is 1. The zero-order valence-electron chi connectivity index (χ0n) is 11.6. The zero-order chi connectivity index (χ0) is 15.2. The topological polar surface area (TPSA) is 87.6 Å². The molecule has 0 saturated carbocycles. The fourth-order valence-electron chi connectivity index (χ4n) is 1.88. The number of ether oxygens (including phenoxy) is 2. The summed E-state index contributed by atoms with van der Waals surface area (Å²) in [5.41, 5.74) is 6.36. The van der Waals surface area contributed by atoms with E-state index in [1.165, 1.54) is 6.07 Å². The van der Waals surface area contributed by atoms with Gasteiger partial charge in [0.2, 0.25) is 0 Å². The second kappa shape index (κ2) is 6.60. The molecule has 0 spiro atoms. The molecule has 0 atom stereocenters. The van der Waals surface area contributed by atoms with Crippen LogP contribution in [0.3, 0.4) is 0 Å². The van der Waals surface area contributed by atoms with Crippen molar-refractivity contribution < 1.29 is 14.4 Å². The molecule has 0 aliphatic rings. The van der Waals surface area contributed by atoms with Gasteiger partial charge in [-0.3, -0.25) is 10.1 Å². The van der Waals surface area contributed by atoms with Crippen LogP contribution in [0.5, 0.6) is 11.5 Å². The van der Waals surface area contributed by atoms with E-state index in [9.17, 15) is 10.1 Å². The molecule has 0 bridgehead atoms. The van der Waals surface area contributed by atoms with Crippen LogP contribution in [0.2, 0.25) is 0 Å². The Morgan fingerprint density at radius 3 is 2.38 bits per heavy atom. The van der Waals surface area contributed by atoms with Crippen LogP contribution in [0.25, 0.3) is 0 Å². The van der Waals surface area contributed by atoms with Gasteiger partial charge in [0.25, 0.3) is 5.69 Å². The van der Waals surface area contributed by atoms with Gasteiger partial charge in [0.15, 0.2) is 11.5 Å². The summed E-state index contributed by atoms with van der Waals surface area (Å²) in [6, 6.07) is 11.9. The molecule has 0 aliphatic heterocycles. The van der Waals surface area contributed by atoms with E-state index in [0.717, 1.165) is 0 Å². The number of para-hydroxylation sites is 3. The molecular formula is C15H16N2O4. The summed E-state index contributed by atoms with van der Waals surface area (Å²) in [7, 11) is 0. The molecule has 0 heterocycles. The normalized spacial score (nSPS) is 10.1. The molecule has 21 heavy (non-hydrogen) atoms. The first-order chi connectivity index (χ1) is 10.1. The van der Waals surface area contributed by atoms with Crippen molar-refractivity contribution in [2.45, 2.75) is 13.5 Å². The van der Waals surface area contributed by atoms with Crippen molar-refractivity contribution in [2.24, 2.45) is 0 Å². The van der Waals surface area contributed by atoms with Crippen molar-refractivity contribution in [3.63, 3.8) is 0 Å². The summed E-state index contributed by atoms with van der Waals surface area (Å²) in [6.45, 7) is 2.55. The molecule has 6 nitrogen and oxygen atoms in total. The van der Waals surface area contributed by atoms with E-state index < -0.39 is 4.92 Å². The van der Waals surface area contributed by atoms with Crippen LogP contribution in [-0.2, 0) is 6.61 Å². The maximum absolute atomic E-state index is 10.9. The predicted molar refractivity (Wildman–Crippen MR) is 79.5 cm³/mol. The number of nitro groups is 1. The number of hydrogen-bond acceptors (Lipinski definition) is 5. The number of nitro benzene ring substituents is 1. The number of nitrogen functional groups attached to an aromatic ring is 1. The molecule has 0 radical (unpaired) electrons. The lowest BCUT2D eigenvalue weighted by molar-refractivity contribution is -0.384. The largest absolute Gasteiger partial charge is 0.490 e. The second-order valence-electron chi connectivity index (χ2n) is 4.28. The van der Waals surface area contributed by atoms with Crippen molar-refractivity contribution in [1.29, 1.82) is 0 Å². The molecule has 0 amide bonds. The van der Waals surface area contributed by atoms with Gasteiger partial charge in [-0.25, -0.2) is 0 Å². The lowest BCUT2D eigenvalue weighted by atomic mass is 10.1. The van der Waals surface area contributed by atoms with E-state index in [4.69, 9.17) is 15.2 Å². The summed E-state index contributed by atoms with van der Waals surface area (Å²) < 4.78 is 11.1. The van der Waals surface area contributed by atoms with Gasteiger partial charge >= 0.3 is 0 Å². The summed E-state index contributed by atoms with van der Waals surface area (Å²) >= 11 is 0. The molecule has 2 rings (SSSR count). The Morgan fingerprint density at radius 2 is 1.76 bits per heavy atom. The molecule has 0 aromatic heterocycles. The first-order valence-corrected chi connectivity index (χ1v) is 6.50. The molecule has 0 aliphatic carbocycles. The molecule has 0 fully saturated rings. The standard InChI is InChI=1S/C15H16N2O4/c1-2-20-13-8-3-4-9-14(13)21-10-11-6-5-7-12(15(11)16)17(18)19/h3-9H,2,10,16H2,1H3. The monoisotopic (exact) mass is 288 g/mol. The molecular weight excluding hydrogens is 272 g/mol.